The summed E-state index contributed by atoms with van der Waals surface area (Å²) in [5.74, 6) is -0.447. The van der Waals surface area contributed by atoms with E-state index in [0.717, 1.165) is 21.3 Å². The van der Waals surface area contributed by atoms with Crippen LogP contribution in [0.1, 0.15) is 16.7 Å². The van der Waals surface area contributed by atoms with Crippen LogP contribution in [0, 0.1) is 20.8 Å². The largest absolute Gasteiger partial charge is 0.337 e. The van der Waals surface area contributed by atoms with Crippen molar-refractivity contribution in [3.05, 3.63) is 98.3 Å². The van der Waals surface area contributed by atoms with Gasteiger partial charge in [0.2, 0.25) is 5.91 Å². The van der Waals surface area contributed by atoms with Crippen molar-refractivity contribution in [1.29, 1.82) is 0 Å². The maximum Gasteiger partial charge on any atom is 0.337 e. The number of pyridine rings is 1. The zero-order valence-corrected chi connectivity index (χ0v) is 17.5. The van der Waals surface area contributed by atoms with Crippen LogP contribution in [0.25, 0.3) is 16.7 Å². The average Bonchev–Trinajstić information content (AvgIpc) is 2.74. The Morgan fingerprint density at radius 2 is 1.65 bits per heavy atom. The number of benzene rings is 2. The Morgan fingerprint density at radius 3 is 2.32 bits per heavy atom. The fourth-order valence-electron chi connectivity index (χ4n) is 3.83. The average molecular weight is 414 g/mol. The Kier molecular flexibility index (Phi) is 5.25. The van der Waals surface area contributed by atoms with E-state index >= 15 is 0 Å². The lowest BCUT2D eigenvalue weighted by Crippen LogP contribution is -2.42. The molecule has 4 aromatic rings. The minimum absolute atomic E-state index is 0.255. The summed E-state index contributed by atoms with van der Waals surface area (Å²) in [7, 11) is 0. The highest BCUT2D eigenvalue weighted by molar-refractivity contribution is 5.92. The van der Waals surface area contributed by atoms with Gasteiger partial charge in [-0.1, -0.05) is 35.9 Å². The number of para-hydroxylation sites is 1. The van der Waals surface area contributed by atoms with Gasteiger partial charge in [-0.15, -0.1) is 0 Å². The van der Waals surface area contributed by atoms with E-state index in [4.69, 9.17) is 0 Å². The number of aromatic nitrogens is 3. The van der Waals surface area contributed by atoms with Gasteiger partial charge in [-0.2, -0.15) is 0 Å². The lowest BCUT2D eigenvalue weighted by molar-refractivity contribution is -0.116. The molecule has 0 saturated carbocycles. The molecule has 156 valence electrons. The zero-order valence-electron chi connectivity index (χ0n) is 17.5. The fourth-order valence-corrected chi connectivity index (χ4v) is 3.83. The van der Waals surface area contributed by atoms with Crippen LogP contribution in [0.15, 0.2) is 70.4 Å². The van der Waals surface area contributed by atoms with Gasteiger partial charge < -0.3 is 5.32 Å². The van der Waals surface area contributed by atoms with Crippen molar-refractivity contribution in [3.63, 3.8) is 0 Å². The molecule has 0 atom stereocenters. The van der Waals surface area contributed by atoms with Gasteiger partial charge in [-0.25, -0.2) is 18.9 Å². The fraction of sp³-hybridized carbons (Fsp3) is 0.167. The second kappa shape index (κ2) is 8.02. The minimum atomic E-state index is -0.616. The van der Waals surface area contributed by atoms with Gasteiger partial charge in [0, 0.05) is 11.9 Å². The third kappa shape index (κ3) is 3.77. The number of anilines is 1. The van der Waals surface area contributed by atoms with Gasteiger partial charge in [0.15, 0.2) is 5.65 Å². The van der Waals surface area contributed by atoms with Crippen molar-refractivity contribution >= 4 is 22.6 Å². The number of hydrogen-bond donors (Lipinski definition) is 1. The summed E-state index contributed by atoms with van der Waals surface area (Å²) in [6.45, 7) is 5.40. The van der Waals surface area contributed by atoms with Gasteiger partial charge in [-0.05, 0) is 56.2 Å². The molecule has 0 radical (unpaired) electrons. The van der Waals surface area contributed by atoms with E-state index in [1.165, 1.54) is 10.8 Å². The topological polar surface area (TPSA) is 86.0 Å². The van der Waals surface area contributed by atoms with E-state index in [2.05, 4.69) is 10.3 Å². The van der Waals surface area contributed by atoms with Crippen molar-refractivity contribution in [3.8, 4) is 5.69 Å². The molecule has 2 heterocycles. The zero-order chi connectivity index (χ0) is 22.1. The molecule has 2 aromatic carbocycles. The van der Waals surface area contributed by atoms with Crippen molar-refractivity contribution in [2.45, 2.75) is 27.3 Å². The minimum Gasteiger partial charge on any atom is -0.324 e. The first-order valence-corrected chi connectivity index (χ1v) is 9.90. The number of aryl methyl sites for hydroxylation is 3. The standard InChI is InChI=1S/C24H22N4O3/c1-15-12-16(2)21(17(3)13-15)26-20(29)14-27-23(30)19-10-7-11-25-22(19)28(24(27)31)18-8-5-4-6-9-18/h4-13H,14H2,1-3H3,(H,26,29). The highest BCUT2D eigenvalue weighted by Gasteiger charge is 2.18. The SMILES string of the molecule is Cc1cc(C)c(NC(=O)Cn2c(=O)c3cccnc3n(-c3ccccc3)c2=O)c(C)c1. The first kappa shape index (κ1) is 20.3. The number of amides is 1. The van der Waals surface area contributed by atoms with Crippen LogP contribution in [-0.4, -0.2) is 20.0 Å². The summed E-state index contributed by atoms with van der Waals surface area (Å²) in [5.41, 5.74) is 3.28. The lowest BCUT2D eigenvalue weighted by atomic mass is 10.1. The molecule has 0 unspecified atom stereocenters. The van der Waals surface area contributed by atoms with E-state index in [1.54, 1.807) is 36.4 Å². The molecule has 0 spiro atoms. The quantitative estimate of drug-likeness (QED) is 0.556. The second-order valence-electron chi connectivity index (χ2n) is 7.54. The van der Waals surface area contributed by atoms with E-state index in [9.17, 15) is 14.4 Å². The molecule has 1 amide bonds. The maximum atomic E-state index is 13.3. The van der Waals surface area contributed by atoms with Gasteiger partial charge >= 0.3 is 5.69 Å². The molecule has 0 aliphatic heterocycles. The summed E-state index contributed by atoms with van der Waals surface area (Å²) < 4.78 is 2.30. The molecule has 1 N–H and O–H groups in total. The van der Waals surface area contributed by atoms with Crippen LogP contribution in [-0.2, 0) is 11.3 Å². The Bertz CT molecular complexity index is 1400. The summed E-state index contributed by atoms with van der Waals surface area (Å²) in [6.07, 6.45) is 1.53. The molecule has 4 rings (SSSR count). The Labute approximate surface area is 178 Å². The van der Waals surface area contributed by atoms with Crippen molar-refractivity contribution in [2.75, 3.05) is 5.32 Å². The van der Waals surface area contributed by atoms with Crippen molar-refractivity contribution in [1.82, 2.24) is 14.1 Å². The van der Waals surface area contributed by atoms with Crippen LogP contribution >= 0.6 is 0 Å². The van der Waals surface area contributed by atoms with Crippen LogP contribution < -0.4 is 16.6 Å². The van der Waals surface area contributed by atoms with Crippen LogP contribution in [0.5, 0.6) is 0 Å². The summed E-state index contributed by atoms with van der Waals surface area (Å²) in [5, 5.41) is 3.12. The van der Waals surface area contributed by atoms with E-state index in [0.29, 0.717) is 11.4 Å². The molecular formula is C24H22N4O3. The molecule has 0 aliphatic carbocycles. The predicted octanol–water partition coefficient (Wildman–Crippen LogP) is 3.11. The first-order valence-electron chi connectivity index (χ1n) is 9.90. The first-order chi connectivity index (χ1) is 14.9. The number of nitrogens with zero attached hydrogens (tertiary/aromatic N) is 3. The molecule has 7 nitrogen and oxygen atoms in total. The molecule has 0 fully saturated rings. The molecule has 7 heteroatoms. The van der Waals surface area contributed by atoms with Crippen LogP contribution in [0.2, 0.25) is 0 Å². The summed E-state index contributed by atoms with van der Waals surface area (Å²) >= 11 is 0. The Morgan fingerprint density at radius 1 is 0.968 bits per heavy atom. The smallest absolute Gasteiger partial charge is 0.324 e. The summed E-state index contributed by atoms with van der Waals surface area (Å²) in [6, 6.07) is 16.1. The number of hydrogen-bond acceptors (Lipinski definition) is 4. The molecule has 31 heavy (non-hydrogen) atoms. The van der Waals surface area contributed by atoms with E-state index in [1.807, 2.05) is 39.0 Å². The number of fused-ring (bicyclic) bond motifs is 1. The number of carbonyl (C=O) groups is 1. The van der Waals surface area contributed by atoms with Crippen LogP contribution in [0.3, 0.4) is 0 Å². The van der Waals surface area contributed by atoms with Crippen molar-refractivity contribution < 1.29 is 4.79 Å². The van der Waals surface area contributed by atoms with Gasteiger partial charge in [0.25, 0.3) is 5.56 Å². The maximum absolute atomic E-state index is 13.3. The Balaban J connectivity index is 1.81. The number of nitrogens with one attached hydrogen (secondary N) is 1. The Hall–Kier alpha value is -4.00. The van der Waals surface area contributed by atoms with E-state index in [-0.39, 0.29) is 11.0 Å². The molecular weight excluding hydrogens is 392 g/mol. The molecule has 0 saturated heterocycles. The monoisotopic (exact) mass is 414 g/mol. The number of carbonyl (C=O) groups excluding carboxylic acids is 1. The highest BCUT2D eigenvalue weighted by atomic mass is 16.2. The molecule has 0 bridgehead atoms. The van der Waals surface area contributed by atoms with Crippen molar-refractivity contribution in [2.24, 2.45) is 0 Å². The second-order valence-corrected chi connectivity index (χ2v) is 7.54. The van der Waals surface area contributed by atoms with Gasteiger partial charge in [0.05, 0.1) is 11.1 Å². The van der Waals surface area contributed by atoms with Crippen LogP contribution in [0.4, 0.5) is 5.69 Å². The third-order valence-corrected chi connectivity index (χ3v) is 5.15. The predicted molar refractivity (Wildman–Crippen MR) is 121 cm³/mol. The third-order valence-electron chi connectivity index (χ3n) is 5.15. The molecule has 2 aromatic heterocycles. The molecule has 0 aliphatic rings. The van der Waals surface area contributed by atoms with Gasteiger partial charge in [0.1, 0.15) is 6.54 Å². The van der Waals surface area contributed by atoms with Gasteiger partial charge in [-0.3, -0.25) is 9.59 Å². The number of rotatable bonds is 4. The lowest BCUT2D eigenvalue weighted by Gasteiger charge is -2.15. The normalized spacial score (nSPS) is 10.9. The van der Waals surface area contributed by atoms with E-state index < -0.39 is 23.7 Å². The highest BCUT2D eigenvalue weighted by Crippen LogP contribution is 2.21. The summed E-state index contributed by atoms with van der Waals surface area (Å²) in [4.78, 5) is 43.4.